The van der Waals surface area contributed by atoms with Gasteiger partial charge in [0.05, 0.1) is 0 Å². The topological polar surface area (TPSA) is 20.2 Å². The van der Waals surface area contributed by atoms with Crippen LogP contribution in [0.4, 0.5) is 0 Å². The van der Waals surface area contributed by atoms with Crippen molar-refractivity contribution in [3.63, 3.8) is 0 Å². The van der Waals surface area contributed by atoms with Crippen molar-refractivity contribution in [1.29, 1.82) is 0 Å². The Balaban J connectivity index is -0.0000000400. The molecule has 0 heterocycles. The first-order valence-corrected chi connectivity index (χ1v) is 13.9. The Kier molecular flexibility index (Phi) is 54.4. The van der Waals surface area contributed by atoms with Crippen LogP contribution in [0.3, 0.4) is 0 Å². The van der Waals surface area contributed by atoms with Crippen molar-refractivity contribution < 1.29 is 40.1 Å². The zero-order valence-electron chi connectivity index (χ0n) is 3.79. The Morgan fingerprint density at radius 2 is 1.57 bits per heavy atom. The maximum Gasteiger partial charge on any atom is 0 e. The standard InChI is InChI=1S/C2H6O.I3.Ti/c1-2-3;1-3-2;/h3H,2H2,1H3;;/q;-1;. The smallest absolute Gasteiger partial charge is 0 e. The first kappa shape index (κ1) is 16.4. The molecule has 0 atom stereocenters. The van der Waals surface area contributed by atoms with Gasteiger partial charge in [-0.15, -0.1) is 0 Å². The van der Waals surface area contributed by atoms with Crippen LogP contribution >= 0.6 is 37.2 Å². The van der Waals surface area contributed by atoms with Gasteiger partial charge in [0.15, 0.2) is 0 Å². The molecule has 0 spiro atoms. The van der Waals surface area contributed by atoms with E-state index in [2.05, 4.69) is 37.2 Å². The summed E-state index contributed by atoms with van der Waals surface area (Å²) in [7, 11) is 0. The molecule has 46 valence electrons. The minimum Gasteiger partial charge on any atom is 0 e. The van der Waals surface area contributed by atoms with E-state index in [0.717, 1.165) is 0 Å². The fourth-order valence-corrected chi connectivity index (χ4v) is 0. The van der Waals surface area contributed by atoms with Gasteiger partial charge in [0, 0.05) is 28.3 Å². The first-order chi connectivity index (χ1) is 2.83. The Labute approximate surface area is 88.9 Å². The van der Waals surface area contributed by atoms with Crippen molar-refractivity contribution in [3.05, 3.63) is 0 Å². The summed E-state index contributed by atoms with van der Waals surface area (Å²) in [5, 5.41) is 7.57. The van der Waals surface area contributed by atoms with Crippen molar-refractivity contribution in [2.75, 3.05) is 6.61 Å². The maximum absolute atomic E-state index is 7.57. The van der Waals surface area contributed by atoms with Crippen molar-refractivity contribution in [2.45, 2.75) is 6.92 Å². The third-order valence-corrected chi connectivity index (χ3v) is 0. The third-order valence-electron chi connectivity index (χ3n) is 0. The summed E-state index contributed by atoms with van der Waals surface area (Å²) in [5.41, 5.74) is 0. The van der Waals surface area contributed by atoms with Crippen LogP contribution in [0, 0.1) is 0 Å². The summed E-state index contributed by atoms with van der Waals surface area (Å²) < 4.78 is 0. The molecular weight excluding hydrogens is 469 g/mol. The summed E-state index contributed by atoms with van der Waals surface area (Å²) in [6, 6.07) is 0. The van der Waals surface area contributed by atoms with Crippen molar-refractivity contribution in [1.82, 2.24) is 0 Å². The van der Waals surface area contributed by atoms with Crippen LogP contribution in [0.2, 0.25) is 0 Å². The molecule has 0 aliphatic heterocycles. The molecule has 0 aromatic carbocycles. The van der Waals surface area contributed by atoms with Crippen LogP contribution in [0.15, 0.2) is 0 Å². The van der Waals surface area contributed by atoms with E-state index in [-0.39, 0.29) is 28.3 Å². The number of hydrogen-bond donors (Lipinski definition) is 1. The molecule has 0 saturated heterocycles. The summed E-state index contributed by atoms with van der Waals surface area (Å²) in [4.78, 5) is 0. The van der Waals surface area contributed by atoms with Gasteiger partial charge in [-0.25, -0.2) is 0 Å². The largest absolute Gasteiger partial charge is 0 e. The third kappa shape index (κ3) is 50.9. The fourth-order valence-electron chi connectivity index (χ4n) is 0. The molecule has 5 heteroatoms. The van der Waals surface area contributed by atoms with Crippen molar-refractivity contribution >= 4 is 37.2 Å². The summed E-state index contributed by atoms with van der Waals surface area (Å²) in [5.74, 6) is 0. The molecule has 0 unspecified atom stereocenters. The molecule has 0 fully saturated rings. The second-order valence-electron chi connectivity index (χ2n) is 0.370. The predicted molar refractivity (Wildman–Crippen MR) is 40.8 cm³/mol. The Bertz CT molecular complexity index is 14.9. The molecule has 0 aromatic rings. The van der Waals surface area contributed by atoms with Gasteiger partial charge in [-0.1, -0.05) is 0 Å². The zero-order chi connectivity index (χ0) is 5.41. The zero-order valence-corrected chi connectivity index (χ0v) is 11.8. The van der Waals surface area contributed by atoms with Crippen LogP contribution in [0.1, 0.15) is 6.92 Å². The second kappa shape index (κ2) is 23.2. The van der Waals surface area contributed by atoms with Crippen LogP contribution in [0.25, 0.3) is 0 Å². The first-order valence-electron chi connectivity index (χ1n) is 1.31. The van der Waals surface area contributed by atoms with Crippen molar-refractivity contribution in [2.24, 2.45) is 0 Å². The average Bonchev–Trinajstić information content (AvgIpc) is 1.39. The van der Waals surface area contributed by atoms with E-state index < -0.39 is 0 Å². The number of rotatable bonds is 0. The number of aliphatic hydroxyl groups is 1. The quantitative estimate of drug-likeness (QED) is 0.345. The molecular formula is C2H6I3OTi-. The normalized spacial score (nSPS) is 5.71. The molecule has 0 aliphatic carbocycles. The van der Waals surface area contributed by atoms with Gasteiger partial charge in [0.2, 0.25) is 0 Å². The summed E-state index contributed by atoms with van der Waals surface area (Å²) in [6.45, 7) is 1.93. The minimum absolute atomic E-state index is 0. The van der Waals surface area contributed by atoms with E-state index in [0.29, 0.717) is 13.3 Å². The number of hydrogen-bond acceptors (Lipinski definition) is 1. The fraction of sp³-hybridized carbons (Fsp3) is 1.00. The van der Waals surface area contributed by atoms with Crippen LogP contribution < -0.4 is 13.3 Å². The van der Waals surface area contributed by atoms with E-state index >= 15 is 0 Å². The Hall–Kier alpha value is 2.86. The predicted octanol–water partition coefficient (Wildman–Crippen LogP) is -1.23. The molecule has 0 amide bonds. The van der Waals surface area contributed by atoms with E-state index in [1.807, 2.05) is 0 Å². The molecule has 0 aliphatic rings. The Morgan fingerprint density at radius 3 is 1.57 bits per heavy atom. The van der Waals surface area contributed by atoms with Gasteiger partial charge >= 0.3 is 50.5 Å². The van der Waals surface area contributed by atoms with Crippen LogP contribution in [-0.2, 0) is 21.7 Å². The number of halogens is 3. The molecule has 0 bridgehead atoms. The van der Waals surface area contributed by atoms with Gasteiger partial charge in [0.1, 0.15) is 0 Å². The summed E-state index contributed by atoms with van der Waals surface area (Å²) >= 11 is 5.30. The second-order valence-corrected chi connectivity index (χ2v) is 16.6. The minimum atomic E-state index is 0. The van der Waals surface area contributed by atoms with Gasteiger partial charge in [0.25, 0.3) is 0 Å². The van der Waals surface area contributed by atoms with Crippen LogP contribution in [-0.4, -0.2) is 11.7 Å². The van der Waals surface area contributed by atoms with Gasteiger partial charge in [-0.3, -0.25) is 0 Å². The SMILES string of the molecule is CCO.I[I-]I.[Ti]. The van der Waals surface area contributed by atoms with E-state index in [1.165, 1.54) is 0 Å². The summed E-state index contributed by atoms with van der Waals surface area (Å²) in [6.07, 6.45) is 0. The Morgan fingerprint density at radius 1 is 1.57 bits per heavy atom. The molecule has 0 saturated carbocycles. The molecule has 0 rings (SSSR count). The maximum atomic E-state index is 7.57. The number of aliphatic hydroxyl groups excluding tert-OH is 1. The van der Waals surface area contributed by atoms with Crippen LogP contribution in [0.5, 0.6) is 0 Å². The van der Waals surface area contributed by atoms with E-state index in [4.69, 9.17) is 5.11 Å². The van der Waals surface area contributed by atoms with Gasteiger partial charge in [-0.2, -0.15) is 0 Å². The van der Waals surface area contributed by atoms with Gasteiger partial charge in [-0.05, 0) is 6.92 Å². The monoisotopic (exact) mass is 475 g/mol. The van der Waals surface area contributed by atoms with E-state index in [1.54, 1.807) is 6.92 Å². The molecule has 7 heavy (non-hydrogen) atoms. The van der Waals surface area contributed by atoms with Crippen molar-refractivity contribution in [3.8, 4) is 0 Å². The molecule has 0 radical (unpaired) electrons. The average molecular weight is 475 g/mol. The van der Waals surface area contributed by atoms with Gasteiger partial charge < -0.3 is 5.11 Å². The molecule has 1 nitrogen and oxygen atoms in total. The molecule has 0 aromatic heterocycles. The van der Waals surface area contributed by atoms with E-state index in [9.17, 15) is 0 Å². The molecule has 1 N–H and O–H groups in total.